The van der Waals surface area contributed by atoms with Crippen LogP contribution in [0.25, 0.3) is 0 Å². The van der Waals surface area contributed by atoms with Crippen molar-refractivity contribution in [1.29, 1.82) is 0 Å². The highest BCUT2D eigenvalue weighted by atomic mass is 16.3. The molecule has 1 aliphatic rings. The summed E-state index contributed by atoms with van der Waals surface area (Å²) in [6.45, 7) is 3.73. The number of nitrogens with zero attached hydrogens (tertiary/aromatic N) is 1. The van der Waals surface area contributed by atoms with Crippen molar-refractivity contribution in [3.63, 3.8) is 0 Å². The lowest BCUT2D eigenvalue weighted by Gasteiger charge is -2.35. The van der Waals surface area contributed by atoms with E-state index < -0.39 is 5.60 Å². The Morgan fingerprint density at radius 1 is 1.42 bits per heavy atom. The second kappa shape index (κ2) is 2.56. The first-order chi connectivity index (χ1) is 5.71. The summed E-state index contributed by atoms with van der Waals surface area (Å²) in [5.74, 6) is 0. The molecule has 2 heteroatoms. The lowest BCUT2D eigenvalue weighted by molar-refractivity contribution is -0.0426. The lowest BCUT2D eigenvalue weighted by Crippen LogP contribution is -2.34. The molecule has 12 heavy (non-hydrogen) atoms. The van der Waals surface area contributed by atoms with Gasteiger partial charge in [0.05, 0.1) is 5.69 Å². The van der Waals surface area contributed by atoms with Crippen LogP contribution in [0, 0.1) is 6.92 Å². The Morgan fingerprint density at radius 3 is 2.67 bits per heavy atom. The molecule has 1 aromatic rings. The molecular formula is C10H12NO. The lowest BCUT2D eigenvalue weighted by atomic mass is 9.77. The molecular weight excluding hydrogens is 150 g/mol. The van der Waals surface area contributed by atoms with Crippen LogP contribution in [0.4, 0.5) is 0 Å². The van der Waals surface area contributed by atoms with Gasteiger partial charge < -0.3 is 5.11 Å². The van der Waals surface area contributed by atoms with Crippen molar-refractivity contribution in [2.24, 2.45) is 0 Å². The summed E-state index contributed by atoms with van der Waals surface area (Å²) >= 11 is 0. The normalized spacial score (nSPS) is 20.2. The van der Waals surface area contributed by atoms with E-state index in [4.69, 9.17) is 0 Å². The number of hydrogen-bond donors (Lipinski definition) is 1. The monoisotopic (exact) mass is 162 g/mol. The maximum absolute atomic E-state index is 9.92. The molecule has 2 rings (SSSR count). The molecule has 0 atom stereocenters. The Kier molecular flexibility index (Phi) is 1.65. The van der Waals surface area contributed by atoms with E-state index in [1.54, 1.807) is 0 Å². The van der Waals surface area contributed by atoms with Crippen LogP contribution in [0.15, 0.2) is 18.2 Å². The molecule has 1 N–H and O–H groups in total. The van der Waals surface area contributed by atoms with E-state index in [1.807, 2.05) is 18.2 Å². The summed E-state index contributed by atoms with van der Waals surface area (Å²) in [5, 5.41) is 9.92. The van der Waals surface area contributed by atoms with Gasteiger partial charge in [-0.25, -0.2) is 0 Å². The van der Waals surface area contributed by atoms with Gasteiger partial charge in [0, 0.05) is 5.69 Å². The molecule has 1 aliphatic carbocycles. The molecule has 1 fully saturated rings. The second-order valence-corrected chi connectivity index (χ2v) is 3.40. The average Bonchev–Trinajstić information content (AvgIpc) is 2.00. The van der Waals surface area contributed by atoms with E-state index in [2.05, 4.69) is 11.9 Å². The van der Waals surface area contributed by atoms with Gasteiger partial charge in [-0.1, -0.05) is 6.07 Å². The molecule has 0 bridgehead atoms. The zero-order valence-electron chi connectivity index (χ0n) is 6.95. The molecule has 0 unspecified atom stereocenters. The van der Waals surface area contributed by atoms with Gasteiger partial charge in [0.25, 0.3) is 0 Å². The minimum atomic E-state index is -0.645. The van der Waals surface area contributed by atoms with E-state index in [1.165, 1.54) is 0 Å². The number of rotatable bonds is 1. The molecule has 0 amide bonds. The first-order valence-corrected chi connectivity index (χ1v) is 4.23. The number of hydrogen-bond acceptors (Lipinski definition) is 2. The Labute approximate surface area is 72.3 Å². The maximum Gasteiger partial charge on any atom is 0.106 e. The Hall–Kier alpha value is -0.890. The van der Waals surface area contributed by atoms with E-state index in [9.17, 15) is 5.11 Å². The fourth-order valence-corrected chi connectivity index (χ4v) is 1.51. The van der Waals surface area contributed by atoms with Crippen LogP contribution in [0.2, 0.25) is 0 Å². The highest BCUT2D eigenvalue weighted by Gasteiger charge is 2.37. The maximum atomic E-state index is 9.92. The summed E-state index contributed by atoms with van der Waals surface area (Å²) in [6.07, 6.45) is 2.77. The third-order valence-electron chi connectivity index (χ3n) is 2.46. The molecule has 1 heterocycles. The number of aromatic nitrogens is 1. The van der Waals surface area contributed by atoms with Crippen molar-refractivity contribution in [3.8, 4) is 0 Å². The van der Waals surface area contributed by atoms with Crippen LogP contribution in [-0.4, -0.2) is 10.1 Å². The molecule has 0 aromatic carbocycles. The minimum absolute atomic E-state index is 0.645. The SMILES string of the molecule is [CH2]c1cccc(C2(O)CCC2)n1. The van der Waals surface area contributed by atoms with Crippen molar-refractivity contribution >= 4 is 0 Å². The molecule has 1 aromatic heterocycles. The van der Waals surface area contributed by atoms with Gasteiger partial charge >= 0.3 is 0 Å². The Morgan fingerprint density at radius 2 is 2.17 bits per heavy atom. The third-order valence-corrected chi connectivity index (χ3v) is 2.46. The van der Waals surface area contributed by atoms with E-state index in [-0.39, 0.29) is 0 Å². The van der Waals surface area contributed by atoms with Crippen LogP contribution in [-0.2, 0) is 5.60 Å². The number of pyridine rings is 1. The van der Waals surface area contributed by atoms with Gasteiger partial charge in [-0.2, -0.15) is 0 Å². The fourth-order valence-electron chi connectivity index (χ4n) is 1.51. The van der Waals surface area contributed by atoms with Crippen LogP contribution >= 0.6 is 0 Å². The molecule has 63 valence electrons. The van der Waals surface area contributed by atoms with Crippen molar-refractivity contribution < 1.29 is 5.11 Å². The molecule has 1 saturated carbocycles. The standard InChI is InChI=1S/C10H12NO/c1-8-4-2-5-9(11-8)10(12)6-3-7-10/h2,4-5,12H,1,3,6-7H2. The third kappa shape index (κ3) is 1.12. The van der Waals surface area contributed by atoms with Crippen LogP contribution < -0.4 is 0 Å². The summed E-state index contributed by atoms with van der Waals surface area (Å²) in [4.78, 5) is 4.21. The predicted octanol–water partition coefficient (Wildman–Crippen LogP) is 1.64. The van der Waals surface area contributed by atoms with Gasteiger partial charge in [0.15, 0.2) is 0 Å². The average molecular weight is 162 g/mol. The van der Waals surface area contributed by atoms with Crippen LogP contribution in [0.5, 0.6) is 0 Å². The summed E-state index contributed by atoms with van der Waals surface area (Å²) < 4.78 is 0. The summed E-state index contributed by atoms with van der Waals surface area (Å²) in [5.41, 5.74) is 0.863. The summed E-state index contributed by atoms with van der Waals surface area (Å²) in [7, 11) is 0. The summed E-state index contributed by atoms with van der Waals surface area (Å²) in [6, 6.07) is 5.60. The molecule has 1 radical (unpaired) electrons. The quantitative estimate of drug-likeness (QED) is 0.681. The van der Waals surface area contributed by atoms with Gasteiger partial charge in [-0.3, -0.25) is 4.98 Å². The molecule has 2 nitrogen and oxygen atoms in total. The van der Waals surface area contributed by atoms with E-state index in [0.717, 1.165) is 30.7 Å². The van der Waals surface area contributed by atoms with Gasteiger partial charge in [-0.05, 0) is 38.3 Å². The highest BCUT2D eigenvalue weighted by molar-refractivity contribution is 5.20. The minimum Gasteiger partial charge on any atom is -0.384 e. The Balaban J connectivity index is 2.33. The van der Waals surface area contributed by atoms with Crippen molar-refractivity contribution in [2.45, 2.75) is 24.9 Å². The second-order valence-electron chi connectivity index (χ2n) is 3.40. The first-order valence-electron chi connectivity index (χ1n) is 4.23. The van der Waals surface area contributed by atoms with Crippen molar-refractivity contribution in [2.75, 3.05) is 0 Å². The number of aliphatic hydroxyl groups is 1. The van der Waals surface area contributed by atoms with Crippen molar-refractivity contribution in [1.82, 2.24) is 4.98 Å². The van der Waals surface area contributed by atoms with Crippen LogP contribution in [0.1, 0.15) is 30.7 Å². The largest absolute Gasteiger partial charge is 0.384 e. The highest BCUT2D eigenvalue weighted by Crippen LogP contribution is 2.39. The zero-order chi connectivity index (χ0) is 8.60. The van der Waals surface area contributed by atoms with Crippen LogP contribution in [0.3, 0.4) is 0 Å². The molecule has 0 saturated heterocycles. The molecule has 0 spiro atoms. The van der Waals surface area contributed by atoms with Gasteiger partial charge in [0.1, 0.15) is 5.60 Å². The zero-order valence-corrected chi connectivity index (χ0v) is 6.95. The van der Waals surface area contributed by atoms with E-state index in [0.29, 0.717) is 0 Å². The van der Waals surface area contributed by atoms with Gasteiger partial charge in [-0.15, -0.1) is 0 Å². The predicted molar refractivity (Wildman–Crippen MR) is 46.4 cm³/mol. The van der Waals surface area contributed by atoms with Gasteiger partial charge in [0.2, 0.25) is 0 Å². The first kappa shape index (κ1) is 7.74. The smallest absolute Gasteiger partial charge is 0.106 e. The van der Waals surface area contributed by atoms with Crippen molar-refractivity contribution in [3.05, 3.63) is 36.5 Å². The fraction of sp³-hybridized carbons (Fsp3) is 0.400. The topological polar surface area (TPSA) is 33.1 Å². The van der Waals surface area contributed by atoms with E-state index >= 15 is 0 Å². The Bertz CT molecular complexity index is 292. The molecule has 0 aliphatic heterocycles.